The maximum atomic E-state index is 5.04. The largest absolute Gasteiger partial charge is 0.383 e. The summed E-state index contributed by atoms with van der Waals surface area (Å²) in [6, 6.07) is 0. The fraction of sp³-hybridized carbons (Fsp3) is 0.643. The molecule has 0 saturated heterocycles. The number of methoxy groups -OCH3 is 1. The van der Waals surface area contributed by atoms with Crippen molar-refractivity contribution in [2.75, 3.05) is 20.3 Å². The predicted molar refractivity (Wildman–Crippen MR) is 80.0 cm³/mol. The van der Waals surface area contributed by atoms with Gasteiger partial charge in [0.15, 0.2) is 0 Å². The Bertz CT molecular complexity index is 547. The van der Waals surface area contributed by atoms with Gasteiger partial charge in [0.05, 0.1) is 18.8 Å². The summed E-state index contributed by atoms with van der Waals surface area (Å²) in [5.74, 6) is 1.96. The van der Waals surface area contributed by atoms with Gasteiger partial charge in [0.1, 0.15) is 18.0 Å². The third-order valence-corrected chi connectivity index (χ3v) is 3.36. The van der Waals surface area contributed by atoms with Crippen molar-refractivity contribution in [3.05, 3.63) is 29.9 Å². The molecule has 0 aliphatic carbocycles. The van der Waals surface area contributed by atoms with Crippen LogP contribution in [0.15, 0.2) is 12.5 Å². The SMILES string of the molecule is CCCn1ncnc1Cn1c(CNCCOC)cnc1C. The van der Waals surface area contributed by atoms with Crippen molar-refractivity contribution in [1.29, 1.82) is 0 Å². The Hall–Kier alpha value is -1.73. The normalized spacial score (nSPS) is 11.2. The fourth-order valence-corrected chi connectivity index (χ4v) is 2.21. The first-order valence-corrected chi connectivity index (χ1v) is 7.33. The van der Waals surface area contributed by atoms with Crippen LogP contribution in [0.3, 0.4) is 0 Å². The van der Waals surface area contributed by atoms with Crippen molar-refractivity contribution in [3.8, 4) is 0 Å². The molecule has 0 fully saturated rings. The van der Waals surface area contributed by atoms with Crippen LogP contribution in [-0.2, 0) is 24.4 Å². The molecule has 0 aromatic carbocycles. The first-order chi connectivity index (χ1) is 10.3. The van der Waals surface area contributed by atoms with Gasteiger partial charge in [-0.3, -0.25) is 0 Å². The van der Waals surface area contributed by atoms with E-state index in [-0.39, 0.29) is 0 Å². The van der Waals surface area contributed by atoms with Crippen LogP contribution in [0.2, 0.25) is 0 Å². The second-order valence-electron chi connectivity index (χ2n) is 4.95. The molecule has 0 atom stereocenters. The Balaban J connectivity index is 2.05. The minimum absolute atomic E-state index is 0.702. The van der Waals surface area contributed by atoms with Gasteiger partial charge in [-0.05, 0) is 13.3 Å². The number of ether oxygens (including phenoxy) is 1. The third kappa shape index (κ3) is 4.12. The molecule has 0 radical (unpaired) electrons. The average Bonchev–Trinajstić information content (AvgIpc) is 3.05. The molecule has 21 heavy (non-hydrogen) atoms. The van der Waals surface area contributed by atoms with Gasteiger partial charge in [-0.2, -0.15) is 5.10 Å². The van der Waals surface area contributed by atoms with Crippen molar-refractivity contribution in [3.63, 3.8) is 0 Å². The second kappa shape index (κ2) is 7.90. The van der Waals surface area contributed by atoms with E-state index in [1.165, 1.54) is 0 Å². The van der Waals surface area contributed by atoms with Gasteiger partial charge in [0, 0.05) is 32.9 Å². The first kappa shape index (κ1) is 15.7. The molecule has 1 N–H and O–H groups in total. The van der Waals surface area contributed by atoms with Crippen molar-refractivity contribution < 1.29 is 4.74 Å². The smallest absolute Gasteiger partial charge is 0.146 e. The number of hydrogen-bond donors (Lipinski definition) is 1. The van der Waals surface area contributed by atoms with Crippen LogP contribution >= 0.6 is 0 Å². The molecule has 0 amide bonds. The van der Waals surface area contributed by atoms with Crippen LogP contribution in [0.1, 0.15) is 30.7 Å². The summed E-state index contributed by atoms with van der Waals surface area (Å²) in [5, 5.41) is 7.62. The van der Waals surface area contributed by atoms with Crippen LogP contribution in [0.5, 0.6) is 0 Å². The van der Waals surface area contributed by atoms with Crippen LogP contribution in [0, 0.1) is 6.92 Å². The van der Waals surface area contributed by atoms with Crippen LogP contribution in [0.25, 0.3) is 0 Å². The molecule has 0 bridgehead atoms. The summed E-state index contributed by atoms with van der Waals surface area (Å²) in [6.45, 7) is 8.05. The number of aryl methyl sites for hydroxylation is 2. The van der Waals surface area contributed by atoms with E-state index in [2.05, 4.69) is 31.9 Å². The standard InChI is InChI=1S/C14H24N6O/c1-4-6-20-14(17-11-18-20)10-19-12(2)16-9-13(19)8-15-5-7-21-3/h9,11,15H,4-8,10H2,1-3H3. The minimum Gasteiger partial charge on any atom is -0.383 e. The van der Waals surface area contributed by atoms with Crippen molar-refractivity contribution in [1.82, 2.24) is 29.6 Å². The molecule has 0 saturated carbocycles. The number of aromatic nitrogens is 5. The van der Waals surface area contributed by atoms with E-state index >= 15 is 0 Å². The van der Waals surface area contributed by atoms with Gasteiger partial charge in [-0.25, -0.2) is 14.6 Å². The van der Waals surface area contributed by atoms with Crippen LogP contribution in [-0.4, -0.2) is 44.6 Å². The van der Waals surface area contributed by atoms with Gasteiger partial charge in [-0.15, -0.1) is 0 Å². The van der Waals surface area contributed by atoms with Crippen LogP contribution in [0.4, 0.5) is 0 Å². The summed E-state index contributed by atoms with van der Waals surface area (Å²) in [5.41, 5.74) is 1.15. The molecule has 2 aromatic rings. The first-order valence-electron chi connectivity index (χ1n) is 7.33. The summed E-state index contributed by atoms with van der Waals surface area (Å²) in [4.78, 5) is 8.77. The Kier molecular flexibility index (Phi) is 5.89. The highest BCUT2D eigenvalue weighted by Crippen LogP contribution is 2.08. The molecule has 0 aliphatic heterocycles. The molecule has 7 nitrogen and oxygen atoms in total. The zero-order chi connectivity index (χ0) is 15.1. The maximum Gasteiger partial charge on any atom is 0.146 e. The number of hydrogen-bond acceptors (Lipinski definition) is 5. The number of rotatable bonds is 9. The van der Waals surface area contributed by atoms with Gasteiger partial charge in [0.25, 0.3) is 0 Å². The third-order valence-electron chi connectivity index (χ3n) is 3.36. The van der Waals surface area contributed by atoms with E-state index in [0.717, 1.165) is 43.4 Å². The topological polar surface area (TPSA) is 69.8 Å². The summed E-state index contributed by atoms with van der Waals surface area (Å²) < 4.78 is 9.17. The quantitative estimate of drug-likeness (QED) is 0.698. The molecule has 0 spiro atoms. The maximum absolute atomic E-state index is 5.04. The molecule has 116 valence electrons. The summed E-state index contributed by atoms with van der Waals surface area (Å²) in [6.07, 6.45) is 4.58. The van der Waals surface area contributed by atoms with Gasteiger partial charge >= 0.3 is 0 Å². The number of nitrogens with zero attached hydrogens (tertiary/aromatic N) is 5. The van der Waals surface area contributed by atoms with E-state index in [1.54, 1.807) is 13.4 Å². The molecule has 2 aromatic heterocycles. The van der Waals surface area contributed by atoms with Crippen molar-refractivity contribution in [2.24, 2.45) is 0 Å². The summed E-state index contributed by atoms with van der Waals surface area (Å²) in [7, 11) is 1.70. The van der Waals surface area contributed by atoms with Crippen molar-refractivity contribution in [2.45, 2.75) is 39.9 Å². The van der Waals surface area contributed by atoms with E-state index in [4.69, 9.17) is 4.74 Å². The highest BCUT2D eigenvalue weighted by Gasteiger charge is 2.10. The Morgan fingerprint density at radius 1 is 1.33 bits per heavy atom. The second-order valence-corrected chi connectivity index (χ2v) is 4.95. The Morgan fingerprint density at radius 2 is 2.19 bits per heavy atom. The van der Waals surface area contributed by atoms with Crippen LogP contribution < -0.4 is 5.32 Å². The lowest BCUT2D eigenvalue weighted by molar-refractivity contribution is 0.199. The van der Waals surface area contributed by atoms with E-state index in [9.17, 15) is 0 Å². The van der Waals surface area contributed by atoms with Gasteiger partial charge in [-0.1, -0.05) is 6.92 Å². The zero-order valence-electron chi connectivity index (χ0n) is 13.0. The average molecular weight is 292 g/mol. The van der Waals surface area contributed by atoms with E-state index in [0.29, 0.717) is 13.2 Å². The molecule has 7 heteroatoms. The molecular formula is C14H24N6O. The Morgan fingerprint density at radius 3 is 2.95 bits per heavy atom. The molecule has 2 rings (SSSR count). The minimum atomic E-state index is 0.702. The number of nitrogens with one attached hydrogen (secondary N) is 1. The summed E-state index contributed by atoms with van der Waals surface area (Å²) >= 11 is 0. The monoisotopic (exact) mass is 292 g/mol. The number of imidazole rings is 1. The lowest BCUT2D eigenvalue weighted by Crippen LogP contribution is -2.21. The molecule has 2 heterocycles. The van der Waals surface area contributed by atoms with E-state index < -0.39 is 0 Å². The van der Waals surface area contributed by atoms with Crippen molar-refractivity contribution >= 4 is 0 Å². The van der Waals surface area contributed by atoms with E-state index in [1.807, 2.05) is 17.8 Å². The predicted octanol–water partition coefficient (Wildman–Crippen LogP) is 0.977. The highest BCUT2D eigenvalue weighted by molar-refractivity contribution is 5.07. The molecule has 0 aliphatic rings. The lowest BCUT2D eigenvalue weighted by atomic mass is 10.4. The molecular weight excluding hydrogens is 268 g/mol. The Labute approximate surface area is 125 Å². The fourth-order valence-electron chi connectivity index (χ4n) is 2.21. The van der Waals surface area contributed by atoms with Gasteiger partial charge < -0.3 is 14.6 Å². The molecule has 0 unspecified atom stereocenters. The van der Waals surface area contributed by atoms with Gasteiger partial charge in [0.2, 0.25) is 0 Å². The highest BCUT2D eigenvalue weighted by atomic mass is 16.5. The zero-order valence-corrected chi connectivity index (χ0v) is 13.0. The lowest BCUT2D eigenvalue weighted by Gasteiger charge is -2.11.